The molecule has 9 heteroatoms. The van der Waals surface area contributed by atoms with E-state index in [1.807, 2.05) is 30.3 Å². The Morgan fingerprint density at radius 2 is 1.81 bits per heavy atom. The summed E-state index contributed by atoms with van der Waals surface area (Å²) in [6.45, 7) is 1.68. The van der Waals surface area contributed by atoms with Crippen LogP contribution in [0.4, 0.5) is 0 Å². The van der Waals surface area contributed by atoms with Gasteiger partial charge in [-0.25, -0.2) is 4.68 Å². The number of aryl methyl sites for hydroxylation is 2. The topological polar surface area (TPSA) is 81.0 Å². The number of carbonyl (C=O) groups excluding carboxylic acids is 2. The van der Waals surface area contributed by atoms with Crippen molar-refractivity contribution >= 4 is 39.3 Å². The predicted molar refractivity (Wildman–Crippen MR) is 101 cm³/mol. The fraction of sp³-hybridized carbons (Fsp3) is 0.118. The van der Waals surface area contributed by atoms with Crippen LogP contribution in [0.25, 0.3) is 5.69 Å². The van der Waals surface area contributed by atoms with Crippen molar-refractivity contribution in [2.75, 3.05) is 0 Å². The lowest BCUT2D eigenvalue weighted by molar-refractivity contribution is 0.0841. The molecule has 134 valence electrons. The lowest BCUT2D eigenvalue weighted by Gasteiger charge is -2.08. The van der Waals surface area contributed by atoms with Gasteiger partial charge in [-0.3, -0.25) is 20.4 Å². The van der Waals surface area contributed by atoms with Crippen molar-refractivity contribution in [2.45, 2.75) is 6.92 Å². The Morgan fingerprint density at radius 3 is 2.42 bits per heavy atom. The van der Waals surface area contributed by atoms with Gasteiger partial charge in [-0.05, 0) is 41.1 Å². The smallest absolute Gasteiger partial charge is 0.286 e. The molecule has 7 nitrogen and oxygen atoms in total. The van der Waals surface area contributed by atoms with Gasteiger partial charge >= 0.3 is 0 Å². The van der Waals surface area contributed by atoms with Crippen LogP contribution in [0.1, 0.15) is 26.5 Å². The average Bonchev–Trinajstić information content (AvgIpc) is 3.11. The Labute approximate surface area is 163 Å². The number of hydrogen-bond acceptors (Lipinski definition) is 3. The number of benzene rings is 1. The van der Waals surface area contributed by atoms with Crippen molar-refractivity contribution < 1.29 is 9.59 Å². The summed E-state index contributed by atoms with van der Waals surface area (Å²) in [7, 11) is 1.73. The SMILES string of the molecule is Cc1nn(-c2ccccc2)c(Cl)c1C(=O)NNC(=O)c1cc(Br)cn1C. The lowest BCUT2D eigenvalue weighted by atomic mass is 10.2. The second-order valence-corrected chi connectivity index (χ2v) is 6.83. The number of hydrazine groups is 1. The fourth-order valence-corrected chi connectivity index (χ4v) is 3.37. The van der Waals surface area contributed by atoms with Crippen molar-refractivity contribution in [1.29, 1.82) is 0 Å². The molecule has 0 spiro atoms. The first-order chi connectivity index (χ1) is 12.4. The zero-order chi connectivity index (χ0) is 18.8. The maximum Gasteiger partial charge on any atom is 0.286 e. The minimum atomic E-state index is -0.545. The first kappa shape index (κ1) is 18.2. The molecule has 3 rings (SSSR count). The van der Waals surface area contributed by atoms with Gasteiger partial charge in [0.25, 0.3) is 11.8 Å². The first-order valence-corrected chi connectivity index (χ1v) is 8.78. The van der Waals surface area contributed by atoms with E-state index in [0.29, 0.717) is 11.4 Å². The van der Waals surface area contributed by atoms with Gasteiger partial charge in [0, 0.05) is 17.7 Å². The Bertz CT molecular complexity index is 981. The molecular formula is C17H15BrClN5O2. The van der Waals surface area contributed by atoms with Gasteiger partial charge in [-0.15, -0.1) is 0 Å². The summed E-state index contributed by atoms with van der Waals surface area (Å²) in [5.41, 5.74) is 6.53. The Balaban J connectivity index is 1.77. The summed E-state index contributed by atoms with van der Waals surface area (Å²) in [5, 5.41) is 4.47. The molecule has 0 fully saturated rings. The number of para-hydroxylation sites is 1. The molecule has 0 aliphatic carbocycles. The maximum absolute atomic E-state index is 12.5. The summed E-state index contributed by atoms with van der Waals surface area (Å²) in [6.07, 6.45) is 1.74. The normalized spacial score (nSPS) is 10.6. The van der Waals surface area contributed by atoms with Crippen LogP contribution in [-0.2, 0) is 7.05 Å². The van der Waals surface area contributed by atoms with E-state index < -0.39 is 11.8 Å². The van der Waals surface area contributed by atoms with Crippen LogP contribution in [0.5, 0.6) is 0 Å². The van der Waals surface area contributed by atoms with Crippen LogP contribution in [-0.4, -0.2) is 26.2 Å². The second-order valence-electron chi connectivity index (χ2n) is 5.56. The van der Waals surface area contributed by atoms with Gasteiger partial charge in [0.05, 0.1) is 11.4 Å². The molecule has 0 bridgehead atoms. The Morgan fingerprint density at radius 1 is 1.15 bits per heavy atom. The van der Waals surface area contributed by atoms with Crippen molar-refractivity contribution in [3.8, 4) is 5.69 Å². The molecule has 2 amide bonds. The number of hydrogen-bond donors (Lipinski definition) is 2. The standard InChI is InChI=1S/C17H15BrClN5O2/c1-10-14(15(19)24(22-10)12-6-4-3-5-7-12)17(26)21-20-16(25)13-8-11(18)9-23(13)2/h3-9H,1-2H3,(H,20,25)(H,21,26). The molecule has 2 N–H and O–H groups in total. The van der Waals surface area contributed by atoms with Crippen LogP contribution < -0.4 is 10.9 Å². The summed E-state index contributed by atoms with van der Waals surface area (Å²) in [5.74, 6) is -0.993. The van der Waals surface area contributed by atoms with Gasteiger partial charge in [0.2, 0.25) is 0 Å². The second kappa shape index (κ2) is 7.35. The summed E-state index contributed by atoms with van der Waals surface area (Å²) >= 11 is 9.63. The Kier molecular flexibility index (Phi) is 5.15. The largest absolute Gasteiger partial charge is 0.345 e. The van der Waals surface area contributed by atoms with E-state index in [1.54, 1.807) is 30.8 Å². The van der Waals surface area contributed by atoms with Gasteiger partial charge in [0.15, 0.2) is 0 Å². The van der Waals surface area contributed by atoms with Gasteiger partial charge < -0.3 is 4.57 Å². The predicted octanol–water partition coefficient (Wildman–Crippen LogP) is 3.01. The quantitative estimate of drug-likeness (QED) is 0.619. The van der Waals surface area contributed by atoms with Crippen molar-refractivity contribution in [3.63, 3.8) is 0 Å². The number of carbonyl (C=O) groups is 2. The zero-order valence-corrected chi connectivity index (χ0v) is 16.3. The molecular weight excluding hydrogens is 422 g/mol. The van der Waals surface area contributed by atoms with Crippen molar-refractivity contribution in [1.82, 2.24) is 25.2 Å². The van der Waals surface area contributed by atoms with Gasteiger partial charge in [-0.1, -0.05) is 29.8 Å². The Hall–Kier alpha value is -2.58. The van der Waals surface area contributed by atoms with E-state index >= 15 is 0 Å². The minimum absolute atomic E-state index is 0.169. The molecule has 26 heavy (non-hydrogen) atoms. The monoisotopic (exact) mass is 435 g/mol. The molecule has 3 aromatic rings. The molecule has 0 atom stereocenters. The molecule has 0 aliphatic heterocycles. The summed E-state index contributed by atoms with van der Waals surface area (Å²) < 4.78 is 3.87. The minimum Gasteiger partial charge on any atom is -0.345 e. The number of halogens is 2. The van der Waals surface area contributed by atoms with Crippen LogP contribution in [0.15, 0.2) is 47.1 Å². The van der Waals surface area contributed by atoms with E-state index in [9.17, 15) is 9.59 Å². The third-order valence-electron chi connectivity index (χ3n) is 3.73. The highest BCUT2D eigenvalue weighted by atomic mass is 79.9. The molecule has 0 saturated heterocycles. The lowest BCUT2D eigenvalue weighted by Crippen LogP contribution is -2.42. The van der Waals surface area contributed by atoms with Crippen molar-refractivity contribution in [3.05, 3.63) is 69.2 Å². The van der Waals surface area contributed by atoms with E-state index in [2.05, 4.69) is 31.9 Å². The van der Waals surface area contributed by atoms with Crippen LogP contribution in [0, 0.1) is 6.92 Å². The fourth-order valence-electron chi connectivity index (χ4n) is 2.49. The molecule has 2 aromatic heterocycles. The molecule has 1 aromatic carbocycles. The molecule has 2 heterocycles. The number of amides is 2. The molecule has 0 radical (unpaired) electrons. The highest BCUT2D eigenvalue weighted by molar-refractivity contribution is 9.10. The van der Waals surface area contributed by atoms with Crippen molar-refractivity contribution in [2.24, 2.45) is 7.05 Å². The number of nitrogens with one attached hydrogen (secondary N) is 2. The van der Waals surface area contributed by atoms with Crippen LogP contribution in [0.3, 0.4) is 0 Å². The van der Waals surface area contributed by atoms with Crippen LogP contribution in [0.2, 0.25) is 5.15 Å². The van der Waals surface area contributed by atoms with Gasteiger partial charge in [-0.2, -0.15) is 5.10 Å². The maximum atomic E-state index is 12.5. The van der Waals surface area contributed by atoms with E-state index in [-0.39, 0.29) is 10.7 Å². The first-order valence-electron chi connectivity index (χ1n) is 7.61. The highest BCUT2D eigenvalue weighted by Crippen LogP contribution is 2.23. The van der Waals surface area contributed by atoms with E-state index in [1.165, 1.54) is 4.68 Å². The number of aromatic nitrogens is 3. The third kappa shape index (κ3) is 3.51. The summed E-state index contributed by atoms with van der Waals surface area (Å²) in [6, 6.07) is 10.9. The molecule has 0 saturated carbocycles. The molecule has 0 aliphatic rings. The number of rotatable bonds is 3. The third-order valence-corrected chi connectivity index (χ3v) is 4.51. The average molecular weight is 437 g/mol. The van der Waals surface area contributed by atoms with E-state index in [0.717, 1.165) is 10.2 Å². The van der Waals surface area contributed by atoms with E-state index in [4.69, 9.17) is 11.6 Å². The number of nitrogens with zero attached hydrogens (tertiary/aromatic N) is 3. The molecule has 0 unspecified atom stereocenters. The zero-order valence-electron chi connectivity index (χ0n) is 14.0. The highest BCUT2D eigenvalue weighted by Gasteiger charge is 2.22. The van der Waals surface area contributed by atoms with Gasteiger partial charge in [0.1, 0.15) is 16.4 Å². The summed E-state index contributed by atoms with van der Waals surface area (Å²) in [4.78, 5) is 24.7. The van der Waals surface area contributed by atoms with Crippen LogP contribution >= 0.6 is 27.5 Å².